The quantitative estimate of drug-likeness (QED) is 0.751. The van der Waals surface area contributed by atoms with Crippen molar-refractivity contribution in [3.05, 3.63) is 51.9 Å². The van der Waals surface area contributed by atoms with Crippen LogP contribution in [0.15, 0.2) is 35.3 Å². The molecule has 2 N–H and O–H groups in total. The zero-order valence-corrected chi connectivity index (χ0v) is 15.6. The summed E-state index contributed by atoms with van der Waals surface area (Å²) in [7, 11) is 2.86. The highest BCUT2D eigenvalue weighted by Gasteiger charge is 2.22. The van der Waals surface area contributed by atoms with Gasteiger partial charge in [0, 0.05) is 24.7 Å². The Morgan fingerprint density at radius 3 is 2.78 bits per heavy atom. The number of anilines is 1. The summed E-state index contributed by atoms with van der Waals surface area (Å²) in [6, 6.07) is 6.54. The van der Waals surface area contributed by atoms with Crippen LogP contribution in [0.1, 0.15) is 22.3 Å². The van der Waals surface area contributed by atoms with Gasteiger partial charge < -0.3 is 20.1 Å². The number of nitrogens with two attached hydrogens (primary N) is 1. The van der Waals surface area contributed by atoms with Crippen molar-refractivity contribution in [1.29, 1.82) is 0 Å². The van der Waals surface area contributed by atoms with Gasteiger partial charge in [-0.3, -0.25) is 4.79 Å². The number of carbonyl (C=O) groups excluding carboxylic acids is 1. The fourth-order valence-corrected chi connectivity index (χ4v) is 3.28. The molecule has 0 spiro atoms. The predicted octanol–water partition coefficient (Wildman–Crippen LogP) is 0.872. The van der Waals surface area contributed by atoms with Crippen LogP contribution in [0.5, 0.6) is 5.75 Å². The smallest absolute Gasteiger partial charge is 0.337 e. The third-order valence-corrected chi connectivity index (χ3v) is 4.86. The zero-order chi connectivity index (χ0) is 19.4. The van der Waals surface area contributed by atoms with Gasteiger partial charge in [0.1, 0.15) is 5.75 Å². The van der Waals surface area contributed by atoms with Gasteiger partial charge in [-0.1, -0.05) is 0 Å². The first-order valence-electron chi connectivity index (χ1n) is 8.83. The average Bonchev–Trinajstić information content (AvgIpc) is 3.18. The van der Waals surface area contributed by atoms with E-state index in [1.54, 1.807) is 30.5 Å². The van der Waals surface area contributed by atoms with Crippen LogP contribution in [0.3, 0.4) is 0 Å². The molecule has 1 aromatic carbocycles. The lowest BCUT2D eigenvalue weighted by atomic mass is 10.1. The summed E-state index contributed by atoms with van der Waals surface area (Å²) in [4.78, 5) is 26.4. The van der Waals surface area contributed by atoms with Crippen molar-refractivity contribution in [3.63, 3.8) is 0 Å². The molecule has 1 saturated heterocycles. The second kappa shape index (κ2) is 8.22. The average molecular weight is 372 g/mol. The van der Waals surface area contributed by atoms with Crippen molar-refractivity contribution in [2.75, 3.05) is 38.8 Å². The highest BCUT2D eigenvalue weighted by molar-refractivity contribution is 5.89. The molecule has 2 aromatic rings. The molecule has 1 aliphatic rings. The van der Waals surface area contributed by atoms with Gasteiger partial charge in [-0.2, -0.15) is 5.10 Å². The van der Waals surface area contributed by atoms with Crippen LogP contribution < -0.4 is 20.9 Å². The Labute approximate surface area is 157 Å². The lowest BCUT2D eigenvalue weighted by Crippen LogP contribution is -2.28. The zero-order valence-electron chi connectivity index (χ0n) is 15.6. The fraction of sp³-hybridized carbons (Fsp3) is 0.421. The molecule has 2 heterocycles. The topological polar surface area (TPSA) is 99.7 Å². The van der Waals surface area contributed by atoms with Crippen LogP contribution in [0.2, 0.25) is 0 Å². The Morgan fingerprint density at radius 2 is 2.15 bits per heavy atom. The summed E-state index contributed by atoms with van der Waals surface area (Å²) in [6.07, 6.45) is 2.72. The molecular weight excluding hydrogens is 348 g/mol. The van der Waals surface area contributed by atoms with E-state index in [2.05, 4.69) is 10.00 Å². The summed E-state index contributed by atoms with van der Waals surface area (Å²) in [6.45, 7) is 2.56. The SMILES string of the molecule is COC(=O)c1ccc(OC)c(Cn2ncc(N3CC[C@H](CN)C3)cc2=O)c1. The van der Waals surface area contributed by atoms with E-state index in [-0.39, 0.29) is 12.1 Å². The third-order valence-electron chi connectivity index (χ3n) is 4.86. The van der Waals surface area contributed by atoms with Crippen molar-refractivity contribution in [3.8, 4) is 5.75 Å². The second-order valence-corrected chi connectivity index (χ2v) is 6.56. The van der Waals surface area contributed by atoms with Crippen LogP contribution in [0.4, 0.5) is 5.69 Å². The molecule has 144 valence electrons. The number of aromatic nitrogens is 2. The minimum Gasteiger partial charge on any atom is -0.496 e. The summed E-state index contributed by atoms with van der Waals surface area (Å²) in [5.41, 5.74) is 7.39. The van der Waals surface area contributed by atoms with Gasteiger partial charge in [0.2, 0.25) is 0 Å². The van der Waals surface area contributed by atoms with E-state index in [4.69, 9.17) is 15.2 Å². The highest BCUT2D eigenvalue weighted by Crippen LogP contribution is 2.23. The summed E-state index contributed by atoms with van der Waals surface area (Å²) in [5.74, 6) is 0.585. The number of nitrogens with zero attached hydrogens (tertiary/aromatic N) is 3. The minimum absolute atomic E-state index is 0.193. The maximum Gasteiger partial charge on any atom is 0.337 e. The molecule has 1 atom stereocenters. The number of hydrogen-bond donors (Lipinski definition) is 1. The van der Waals surface area contributed by atoms with E-state index in [0.29, 0.717) is 29.3 Å². The third kappa shape index (κ3) is 4.11. The Kier molecular flexibility index (Phi) is 5.75. The molecule has 0 saturated carbocycles. The molecule has 8 nitrogen and oxygen atoms in total. The van der Waals surface area contributed by atoms with Crippen LogP contribution in [-0.2, 0) is 11.3 Å². The van der Waals surface area contributed by atoms with E-state index < -0.39 is 5.97 Å². The van der Waals surface area contributed by atoms with Gasteiger partial charge in [-0.15, -0.1) is 0 Å². The fourth-order valence-electron chi connectivity index (χ4n) is 3.28. The van der Waals surface area contributed by atoms with Gasteiger partial charge in [0.15, 0.2) is 0 Å². The molecule has 0 bridgehead atoms. The highest BCUT2D eigenvalue weighted by atomic mass is 16.5. The maximum absolute atomic E-state index is 12.5. The van der Waals surface area contributed by atoms with E-state index in [0.717, 1.165) is 25.2 Å². The molecule has 1 fully saturated rings. The van der Waals surface area contributed by atoms with Crippen LogP contribution in [0, 0.1) is 5.92 Å². The Bertz CT molecular complexity index is 880. The first-order chi connectivity index (χ1) is 13.0. The number of ether oxygens (including phenoxy) is 2. The normalized spacial score (nSPS) is 16.4. The predicted molar refractivity (Wildman–Crippen MR) is 101 cm³/mol. The lowest BCUT2D eigenvalue weighted by molar-refractivity contribution is 0.0600. The van der Waals surface area contributed by atoms with Crippen molar-refractivity contribution in [2.45, 2.75) is 13.0 Å². The van der Waals surface area contributed by atoms with Crippen LogP contribution in [0.25, 0.3) is 0 Å². The molecule has 1 aromatic heterocycles. The molecule has 0 aliphatic carbocycles. The maximum atomic E-state index is 12.5. The number of esters is 1. The van der Waals surface area contributed by atoms with Gasteiger partial charge >= 0.3 is 5.97 Å². The second-order valence-electron chi connectivity index (χ2n) is 6.56. The molecule has 0 amide bonds. The van der Waals surface area contributed by atoms with E-state index in [9.17, 15) is 9.59 Å². The first kappa shape index (κ1) is 18.9. The summed E-state index contributed by atoms with van der Waals surface area (Å²) < 4.78 is 11.4. The molecule has 8 heteroatoms. The largest absolute Gasteiger partial charge is 0.496 e. The molecule has 0 unspecified atom stereocenters. The Hall–Kier alpha value is -2.87. The van der Waals surface area contributed by atoms with Crippen molar-refractivity contribution in [1.82, 2.24) is 9.78 Å². The molecule has 1 aliphatic heterocycles. The number of hydrogen-bond acceptors (Lipinski definition) is 7. The monoisotopic (exact) mass is 372 g/mol. The van der Waals surface area contributed by atoms with Crippen LogP contribution in [-0.4, -0.2) is 49.6 Å². The van der Waals surface area contributed by atoms with Crippen LogP contribution >= 0.6 is 0 Å². The van der Waals surface area contributed by atoms with Gasteiger partial charge in [-0.05, 0) is 37.1 Å². The summed E-state index contributed by atoms with van der Waals surface area (Å²) >= 11 is 0. The Balaban J connectivity index is 1.84. The van der Waals surface area contributed by atoms with Crippen molar-refractivity contribution >= 4 is 11.7 Å². The minimum atomic E-state index is -0.446. The first-order valence-corrected chi connectivity index (χ1v) is 8.83. The van der Waals surface area contributed by atoms with E-state index >= 15 is 0 Å². The van der Waals surface area contributed by atoms with E-state index in [1.165, 1.54) is 18.9 Å². The number of methoxy groups -OCH3 is 2. The van der Waals surface area contributed by atoms with E-state index in [1.807, 2.05) is 0 Å². The van der Waals surface area contributed by atoms with Gasteiger partial charge in [0.05, 0.1) is 38.2 Å². The molecular formula is C19H24N4O4. The standard InChI is InChI=1S/C19H24N4O4/c1-26-17-4-3-14(19(25)27-2)7-15(17)12-23-18(24)8-16(10-21-23)22-6-5-13(9-20)11-22/h3-4,7-8,10,13H,5-6,9,11-12,20H2,1-2H3/t13-/m1/s1. The lowest BCUT2D eigenvalue weighted by Gasteiger charge is -2.18. The van der Waals surface area contributed by atoms with Gasteiger partial charge in [-0.25, -0.2) is 9.48 Å². The van der Waals surface area contributed by atoms with Crippen molar-refractivity contribution in [2.24, 2.45) is 11.7 Å². The number of benzene rings is 1. The van der Waals surface area contributed by atoms with Gasteiger partial charge in [0.25, 0.3) is 5.56 Å². The summed E-state index contributed by atoms with van der Waals surface area (Å²) in [5, 5.41) is 4.30. The van der Waals surface area contributed by atoms with Crippen molar-refractivity contribution < 1.29 is 14.3 Å². The Morgan fingerprint density at radius 1 is 1.33 bits per heavy atom. The number of rotatable bonds is 6. The molecule has 27 heavy (non-hydrogen) atoms. The number of carbonyl (C=O) groups is 1. The molecule has 0 radical (unpaired) electrons. The molecule has 3 rings (SSSR count).